The van der Waals surface area contributed by atoms with Gasteiger partial charge in [-0.15, -0.1) is 0 Å². The molecule has 1 aromatic heterocycles. The molecule has 1 aromatic carbocycles. The van der Waals surface area contributed by atoms with E-state index in [9.17, 15) is 4.79 Å². The molecule has 4 rings (SSSR count). The molecule has 0 aliphatic heterocycles. The molecule has 3 unspecified atom stereocenters. The first-order valence-corrected chi connectivity index (χ1v) is 7.67. The number of hydrogen-bond acceptors (Lipinski definition) is 2. The molecule has 0 spiro atoms. The smallest absolute Gasteiger partial charge is 0.163 e. The lowest BCUT2D eigenvalue weighted by atomic mass is 9.84. The van der Waals surface area contributed by atoms with Crippen molar-refractivity contribution in [3.05, 3.63) is 42.1 Å². The van der Waals surface area contributed by atoms with Crippen LogP contribution < -0.4 is 0 Å². The SMILES string of the molecule is O=C(CC1CC2CCC1C2)c1ccc2cccnc2c1. The Morgan fingerprint density at radius 1 is 1.20 bits per heavy atom. The van der Waals surface area contributed by atoms with Gasteiger partial charge in [-0.3, -0.25) is 9.78 Å². The first kappa shape index (κ1) is 12.1. The first-order chi connectivity index (χ1) is 9.79. The van der Waals surface area contributed by atoms with Gasteiger partial charge in [-0.25, -0.2) is 0 Å². The lowest BCUT2D eigenvalue weighted by molar-refractivity contribution is 0.0944. The summed E-state index contributed by atoms with van der Waals surface area (Å²) in [6, 6.07) is 9.88. The van der Waals surface area contributed by atoms with Crippen molar-refractivity contribution in [2.45, 2.75) is 32.1 Å². The van der Waals surface area contributed by atoms with Crippen LogP contribution >= 0.6 is 0 Å². The number of Topliss-reactive ketones (excluding diaryl/α,β-unsaturated/α-hetero) is 1. The molecule has 0 saturated heterocycles. The third-order valence-corrected chi connectivity index (χ3v) is 5.26. The van der Waals surface area contributed by atoms with E-state index in [4.69, 9.17) is 0 Å². The predicted octanol–water partition coefficient (Wildman–Crippen LogP) is 4.24. The highest BCUT2D eigenvalue weighted by molar-refractivity contribution is 5.99. The maximum Gasteiger partial charge on any atom is 0.163 e. The molecule has 2 aliphatic carbocycles. The van der Waals surface area contributed by atoms with E-state index in [0.29, 0.717) is 11.7 Å². The maximum absolute atomic E-state index is 12.5. The largest absolute Gasteiger partial charge is 0.294 e. The molecule has 2 saturated carbocycles. The average molecular weight is 265 g/mol. The highest BCUT2D eigenvalue weighted by Gasteiger charge is 2.40. The summed E-state index contributed by atoms with van der Waals surface area (Å²) in [5.41, 5.74) is 1.75. The van der Waals surface area contributed by atoms with E-state index in [1.54, 1.807) is 6.20 Å². The Bertz CT molecular complexity index is 663. The van der Waals surface area contributed by atoms with Gasteiger partial charge < -0.3 is 0 Å². The number of hydrogen-bond donors (Lipinski definition) is 0. The normalized spacial score (nSPS) is 28.1. The summed E-state index contributed by atoms with van der Waals surface area (Å²) in [5.74, 6) is 2.68. The third kappa shape index (κ3) is 2.04. The van der Waals surface area contributed by atoms with Crippen LogP contribution in [0.15, 0.2) is 36.5 Å². The zero-order valence-corrected chi connectivity index (χ0v) is 11.6. The number of nitrogens with zero attached hydrogens (tertiary/aromatic N) is 1. The predicted molar refractivity (Wildman–Crippen MR) is 79.6 cm³/mol. The summed E-state index contributed by atoms with van der Waals surface area (Å²) in [6.07, 6.45) is 7.92. The van der Waals surface area contributed by atoms with Gasteiger partial charge in [0.05, 0.1) is 5.52 Å². The van der Waals surface area contributed by atoms with Crippen molar-refractivity contribution in [1.29, 1.82) is 0 Å². The molecule has 3 atom stereocenters. The van der Waals surface area contributed by atoms with Gasteiger partial charge in [-0.05, 0) is 49.1 Å². The van der Waals surface area contributed by atoms with Crippen molar-refractivity contribution in [1.82, 2.24) is 4.98 Å². The Morgan fingerprint density at radius 3 is 2.95 bits per heavy atom. The van der Waals surface area contributed by atoms with Crippen molar-refractivity contribution in [3.8, 4) is 0 Å². The van der Waals surface area contributed by atoms with Crippen molar-refractivity contribution in [2.24, 2.45) is 17.8 Å². The summed E-state index contributed by atoms with van der Waals surface area (Å²) in [7, 11) is 0. The van der Waals surface area contributed by atoms with Crippen molar-refractivity contribution >= 4 is 16.7 Å². The van der Waals surface area contributed by atoms with Gasteiger partial charge in [-0.2, -0.15) is 0 Å². The van der Waals surface area contributed by atoms with Crippen LogP contribution in [0.25, 0.3) is 10.9 Å². The van der Waals surface area contributed by atoms with Crippen molar-refractivity contribution in [2.75, 3.05) is 0 Å². The highest BCUT2D eigenvalue weighted by Crippen LogP contribution is 2.49. The third-order valence-electron chi connectivity index (χ3n) is 5.26. The molecule has 2 heteroatoms. The van der Waals surface area contributed by atoms with Gasteiger partial charge in [0.1, 0.15) is 0 Å². The summed E-state index contributed by atoms with van der Waals surface area (Å²) < 4.78 is 0. The number of carbonyl (C=O) groups excluding carboxylic acids is 1. The fourth-order valence-electron chi connectivity index (χ4n) is 4.22. The molecule has 20 heavy (non-hydrogen) atoms. The van der Waals surface area contributed by atoms with Gasteiger partial charge in [0, 0.05) is 23.6 Å². The molecule has 102 valence electrons. The monoisotopic (exact) mass is 265 g/mol. The number of rotatable bonds is 3. The van der Waals surface area contributed by atoms with Crippen LogP contribution in [0.3, 0.4) is 0 Å². The van der Waals surface area contributed by atoms with E-state index < -0.39 is 0 Å². The Kier molecular flexibility index (Phi) is 2.83. The van der Waals surface area contributed by atoms with Crippen LogP contribution in [0.4, 0.5) is 0 Å². The Hall–Kier alpha value is -1.70. The highest BCUT2D eigenvalue weighted by atomic mass is 16.1. The van der Waals surface area contributed by atoms with Gasteiger partial charge >= 0.3 is 0 Å². The standard InChI is InChI=1S/C18H19NO/c20-18(11-16-9-12-3-4-14(16)8-12)15-6-5-13-2-1-7-19-17(13)10-15/h1-2,5-7,10,12,14,16H,3-4,8-9,11H2. The van der Waals surface area contributed by atoms with Crippen LogP contribution in [0, 0.1) is 17.8 Å². The molecule has 0 N–H and O–H groups in total. The average Bonchev–Trinajstić information content (AvgIpc) is 3.09. The lowest BCUT2D eigenvalue weighted by Gasteiger charge is -2.20. The van der Waals surface area contributed by atoms with E-state index in [-0.39, 0.29) is 0 Å². The zero-order valence-electron chi connectivity index (χ0n) is 11.6. The first-order valence-electron chi connectivity index (χ1n) is 7.67. The van der Waals surface area contributed by atoms with Crippen molar-refractivity contribution in [3.63, 3.8) is 0 Å². The minimum absolute atomic E-state index is 0.301. The summed E-state index contributed by atoms with van der Waals surface area (Å²) >= 11 is 0. The number of aromatic nitrogens is 1. The van der Waals surface area contributed by atoms with E-state index in [1.165, 1.54) is 25.7 Å². The topological polar surface area (TPSA) is 30.0 Å². The maximum atomic E-state index is 12.5. The Balaban J connectivity index is 1.54. The molecule has 2 aromatic rings. The van der Waals surface area contributed by atoms with Gasteiger partial charge in [-0.1, -0.05) is 24.6 Å². The fourth-order valence-corrected chi connectivity index (χ4v) is 4.22. The molecule has 0 amide bonds. The quantitative estimate of drug-likeness (QED) is 0.777. The lowest BCUT2D eigenvalue weighted by Crippen LogP contribution is -2.15. The minimum atomic E-state index is 0.301. The van der Waals surface area contributed by atoms with Gasteiger partial charge in [0.25, 0.3) is 0 Å². The number of benzene rings is 1. The van der Waals surface area contributed by atoms with Crippen LogP contribution in [0.2, 0.25) is 0 Å². The van der Waals surface area contributed by atoms with Crippen LogP contribution in [-0.2, 0) is 0 Å². The summed E-state index contributed by atoms with van der Waals surface area (Å²) in [4.78, 5) is 16.8. The molecular weight excluding hydrogens is 246 g/mol. The molecular formula is C18H19NO. The van der Waals surface area contributed by atoms with E-state index in [2.05, 4.69) is 4.98 Å². The molecule has 2 fully saturated rings. The van der Waals surface area contributed by atoms with E-state index in [1.807, 2.05) is 30.3 Å². The number of ketones is 1. The number of pyridine rings is 1. The molecule has 2 aliphatic rings. The van der Waals surface area contributed by atoms with Crippen LogP contribution in [-0.4, -0.2) is 10.8 Å². The summed E-state index contributed by atoms with van der Waals surface area (Å²) in [6.45, 7) is 0. The Labute approximate surface area is 119 Å². The number of carbonyl (C=O) groups is 1. The van der Waals surface area contributed by atoms with E-state index in [0.717, 1.165) is 34.7 Å². The van der Waals surface area contributed by atoms with E-state index >= 15 is 0 Å². The minimum Gasteiger partial charge on any atom is -0.294 e. The van der Waals surface area contributed by atoms with Gasteiger partial charge in [0.2, 0.25) is 0 Å². The zero-order chi connectivity index (χ0) is 13.5. The van der Waals surface area contributed by atoms with Crippen molar-refractivity contribution < 1.29 is 4.79 Å². The summed E-state index contributed by atoms with van der Waals surface area (Å²) in [5, 5.41) is 1.10. The number of fused-ring (bicyclic) bond motifs is 3. The molecule has 1 heterocycles. The molecule has 2 bridgehead atoms. The Morgan fingerprint density at radius 2 is 2.15 bits per heavy atom. The second-order valence-corrected chi connectivity index (χ2v) is 6.47. The van der Waals surface area contributed by atoms with Crippen LogP contribution in [0.1, 0.15) is 42.5 Å². The van der Waals surface area contributed by atoms with Crippen LogP contribution in [0.5, 0.6) is 0 Å². The molecule has 0 radical (unpaired) electrons. The van der Waals surface area contributed by atoms with Gasteiger partial charge in [0.15, 0.2) is 5.78 Å². The molecule has 2 nitrogen and oxygen atoms in total. The second kappa shape index (κ2) is 4.69. The second-order valence-electron chi connectivity index (χ2n) is 6.47. The fraction of sp³-hybridized carbons (Fsp3) is 0.444.